The Morgan fingerprint density at radius 1 is 1.50 bits per heavy atom. The highest BCUT2D eigenvalue weighted by Crippen LogP contribution is 1.94. The van der Waals surface area contributed by atoms with Gasteiger partial charge in [-0.25, -0.2) is 0 Å². The molecule has 1 heterocycles. The lowest BCUT2D eigenvalue weighted by Gasteiger charge is -2.26. The van der Waals surface area contributed by atoms with Gasteiger partial charge in [-0.1, -0.05) is 6.92 Å². The summed E-state index contributed by atoms with van der Waals surface area (Å²) in [5, 5.41) is 2.91. The summed E-state index contributed by atoms with van der Waals surface area (Å²) in [7, 11) is 0. The van der Waals surface area contributed by atoms with E-state index in [1.807, 2.05) is 6.92 Å². The van der Waals surface area contributed by atoms with E-state index in [-0.39, 0.29) is 7.33 Å². The second kappa shape index (κ2) is 6.79. The van der Waals surface area contributed by atoms with Gasteiger partial charge in [0.05, 0.1) is 13.2 Å². The molecule has 1 aliphatic heterocycles. The lowest BCUT2D eigenvalue weighted by molar-refractivity contribution is -0.121. The van der Waals surface area contributed by atoms with Gasteiger partial charge in [0.25, 0.3) is 0 Å². The van der Waals surface area contributed by atoms with E-state index in [9.17, 15) is 4.79 Å². The monoisotopic (exact) mass is 202 g/mol. The Kier molecular flexibility index (Phi) is 5.56. The van der Waals surface area contributed by atoms with Crippen LogP contribution in [0.4, 0.5) is 0 Å². The summed E-state index contributed by atoms with van der Waals surface area (Å²) in [4.78, 5) is 13.4. The average molecular weight is 202 g/mol. The van der Waals surface area contributed by atoms with E-state index in [0.29, 0.717) is 6.42 Å². The number of nitrogens with one attached hydrogen (secondary N) is 1. The van der Waals surface area contributed by atoms with Crippen LogP contribution in [0.1, 0.15) is 21.2 Å². The Bertz CT molecular complexity index is 173. The van der Waals surface area contributed by atoms with Crippen LogP contribution in [0.5, 0.6) is 0 Å². The fraction of sp³-hybridized carbons (Fsp3) is 0.900. The zero-order chi connectivity index (χ0) is 10.2. The number of morpholine rings is 1. The number of carbonyl (C=O) groups excluding carboxylic acids is 1. The Hall–Kier alpha value is -0.610. The van der Waals surface area contributed by atoms with Crippen LogP contribution in [-0.2, 0) is 9.53 Å². The van der Waals surface area contributed by atoms with Gasteiger partial charge in [-0.2, -0.15) is 0 Å². The van der Waals surface area contributed by atoms with Gasteiger partial charge >= 0.3 is 0 Å². The van der Waals surface area contributed by atoms with Crippen LogP contribution in [0.15, 0.2) is 0 Å². The van der Waals surface area contributed by atoms with Gasteiger partial charge in [0, 0.05) is 34.0 Å². The Morgan fingerprint density at radius 3 is 2.86 bits per heavy atom. The van der Waals surface area contributed by atoms with Crippen molar-refractivity contribution >= 4 is 5.91 Å². The number of amides is 1. The van der Waals surface area contributed by atoms with Crippen molar-refractivity contribution in [2.75, 3.05) is 39.4 Å². The zero-order valence-electron chi connectivity index (χ0n) is 8.92. The first-order valence-corrected chi connectivity index (χ1v) is 5.39. The summed E-state index contributed by atoms with van der Waals surface area (Å²) < 4.78 is 5.24. The molecule has 14 heavy (non-hydrogen) atoms. The Balaban J connectivity index is 0.00000196. The van der Waals surface area contributed by atoms with Crippen molar-refractivity contribution in [2.24, 2.45) is 0 Å². The first-order chi connectivity index (χ1) is 6.83. The van der Waals surface area contributed by atoms with Gasteiger partial charge < -0.3 is 10.1 Å². The fourth-order valence-corrected chi connectivity index (χ4v) is 1.49. The van der Waals surface area contributed by atoms with E-state index in [1.165, 1.54) is 0 Å². The molecule has 0 radical (unpaired) electrons. The first-order valence-electron chi connectivity index (χ1n) is 5.39. The molecular formula is C10H22N2O2. The summed E-state index contributed by atoms with van der Waals surface area (Å²) >= 11 is 0. The van der Waals surface area contributed by atoms with Crippen molar-refractivity contribution in [1.82, 2.24) is 10.2 Å². The standard InChI is InChI=1S/C10H20N2O2.H2/c1-2-3-10(13)11-4-5-12-6-8-14-9-7-12;/h2-9H2,1H3,(H,11,13);1H. The highest BCUT2D eigenvalue weighted by Gasteiger charge is 2.09. The predicted molar refractivity (Wildman–Crippen MR) is 57.3 cm³/mol. The molecule has 1 fully saturated rings. The van der Waals surface area contributed by atoms with Crippen LogP contribution < -0.4 is 5.32 Å². The van der Waals surface area contributed by atoms with Crippen molar-refractivity contribution in [3.8, 4) is 0 Å². The molecule has 0 aromatic rings. The number of nitrogens with zero attached hydrogens (tertiary/aromatic N) is 1. The fourth-order valence-electron chi connectivity index (χ4n) is 1.49. The molecule has 0 aromatic carbocycles. The summed E-state index contributed by atoms with van der Waals surface area (Å²) in [6.45, 7) is 7.35. The third-order valence-corrected chi connectivity index (χ3v) is 2.33. The van der Waals surface area contributed by atoms with E-state index in [0.717, 1.165) is 45.8 Å². The molecule has 0 atom stereocenters. The second-order valence-corrected chi connectivity index (χ2v) is 3.55. The quantitative estimate of drug-likeness (QED) is 0.705. The normalized spacial score (nSPS) is 18.1. The Labute approximate surface area is 87.1 Å². The number of hydrogen-bond donors (Lipinski definition) is 1. The van der Waals surface area contributed by atoms with Gasteiger partial charge in [0.1, 0.15) is 0 Å². The van der Waals surface area contributed by atoms with E-state index in [4.69, 9.17) is 4.74 Å². The summed E-state index contributed by atoms with van der Waals surface area (Å²) in [5.74, 6) is 0.167. The molecule has 4 nitrogen and oxygen atoms in total. The summed E-state index contributed by atoms with van der Waals surface area (Å²) in [6, 6.07) is 0. The molecule has 0 unspecified atom stereocenters. The number of ether oxygens (including phenoxy) is 1. The van der Waals surface area contributed by atoms with Gasteiger partial charge in [-0.15, -0.1) is 0 Å². The average Bonchev–Trinajstić information content (AvgIpc) is 2.20. The van der Waals surface area contributed by atoms with Crippen LogP contribution in [0.25, 0.3) is 0 Å². The molecule has 1 saturated heterocycles. The van der Waals surface area contributed by atoms with Crippen molar-refractivity contribution in [2.45, 2.75) is 19.8 Å². The lowest BCUT2D eigenvalue weighted by atomic mass is 10.3. The molecule has 84 valence electrons. The molecule has 0 spiro atoms. The third kappa shape index (κ3) is 4.58. The molecule has 1 N–H and O–H groups in total. The van der Waals surface area contributed by atoms with E-state index >= 15 is 0 Å². The molecule has 1 amide bonds. The third-order valence-electron chi connectivity index (χ3n) is 2.33. The zero-order valence-corrected chi connectivity index (χ0v) is 8.92. The second-order valence-electron chi connectivity index (χ2n) is 3.55. The van der Waals surface area contributed by atoms with Gasteiger partial charge in [-0.3, -0.25) is 9.69 Å². The van der Waals surface area contributed by atoms with Gasteiger partial charge in [-0.05, 0) is 6.42 Å². The molecule has 0 aromatic heterocycles. The highest BCUT2D eigenvalue weighted by molar-refractivity contribution is 5.75. The van der Waals surface area contributed by atoms with Crippen LogP contribution in [0, 0.1) is 0 Å². The molecule has 0 bridgehead atoms. The minimum absolute atomic E-state index is 0. The van der Waals surface area contributed by atoms with Crippen LogP contribution in [-0.4, -0.2) is 50.2 Å². The minimum Gasteiger partial charge on any atom is -0.379 e. The van der Waals surface area contributed by atoms with E-state index in [1.54, 1.807) is 0 Å². The molecular weight excluding hydrogens is 180 g/mol. The SMILES string of the molecule is CCCC(=O)NCCN1CCOCC1.[HH]. The van der Waals surface area contributed by atoms with Crippen molar-refractivity contribution in [1.29, 1.82) is 0 Å². The predicted octanol–water partition coefficient (Wildman–Crippen LogP) is 0.481. The van der Waals surface area contributed by atoms with E-state index in [2.05, 4.69) is 10.2 Å². The molecule has 0 aliphatic carbocycles. The number of rotatable bonds is 5. The number of carbonyl (C=O) groups is 1. The molecule has 1 aliphatic rings. The number of hydrogen-bond acceptors (Lipinski definition) is 3. The summed E-state index contributed by atoms with van der Waals surface area (Å²) in [6.07, 6.45) is 1.56. The highest BCUT2D eigenvalue weighted by atomic mass is 16.5. The maximum Gasteiger partial charge on any atom is 0.220 e. The Morgan fingerprint density at radius 2 is 2.21 bits per heavy atom. The van der Waals surface area contributed by atoms with Gasteiger partial charge in [0.15, 0.2) is 0 Å². The maximum atomic E-state index is 11.1. The maximum absolute atomic E-state index is 11.1. The van der Waals surface area contributed by atoms with Gasteiger partial charge in [0.2, 0.25) is 5.91 Å². The minimum atomic E-state index is 0. The largest absolute Gasteiger partial charge is 0.379 e. The van der Waals surface area contributed by atoms with Crippen LogP contribution in [0.2, 0.25) is 0 Å². The lowest BCUT2D eigenvalue weighted by Crippen LogP contribution is -2.41. The molecule has 1 rings (SSSR count). The van der Waals surface area contributed by atoms with Crippen LogP contribution in [0.3, 0.4) is 0 Å². The summed E-state index contributed by atoms with van der Waals surface area (Å²) in [5.41, 5.74) is 0. The topological polar surface area (TPSA) is 41.6 Å². The molecule has 4 heteroatoms. The van der Waals surface area contributed by atoms with Crippen LogP contribution >= 0.6 is 0 Å². The van der Waals surface area contributed by atoms with E-state index < -0.39 is 0 Å². The smallest absolute Gasteiger partial charge is 0.220 e. The van der Waals surface area contributed by atoms with Crippen molar-refractivity contribution in [3.63, 3.8) is 0 Å². The molecule has 0 saturated carbocycles. The van der Waals surface area contributed by atoms with Crippen molar-refractivity contribution in [3.05, 3.63) is 0 Å². The first kappa shape index (κ1) is 11.5. The van der Waals surface area contributed by atoms with Crippen molar-refractivity contribution < 1.29 is 11.0 Å².